The number of carbonyl (C=O) groups is 1. The van der Waals surface area contributed by atoms with E-state index in [1.54, 1.807) is 24.2 Å². The zero-order valence-corrected chi connectivity index (χ0v) is 22.8. The molecule has 0 aliphatic carbocycles. The van der Waals surface area contributed by atoms with Crippen LogP contribution in [0.1, 0.15) is 18.1 Å². The van der Waals surface area contributed by atoms with Gasteiger partial charge in [-0.25, -0.2) is 4.99 Å². The van der Waals surface area contributed by atoms with E-state index in [0.29, 0.717) is 36.9 Å². The summed E-state index contributed by atoms with van der Waals surface area (Å²) in [5.41, 5.74) is 2.37. The second-order valence-corrected chi connectivity index (χ2v) is 10.1. The zero-order valence-electron chi connectivity index (χ0n) is 18.9. The van der Waals surface area contributed by atoms with E-state index >= 15 is 0 Å². The van der Waals surface area contributed by atoms with E-state index in [-0.39, 0.29) is 12.5 Å². The summed E-state index contributed by atoms with van der Waals surface area (Å²) >= 11 is 17.6. The molecular weight excluding hydrogens is 571 g/mol. The van der Waals surface area contributed by atoms with Gasteiger partial charge >= 0.3 is 0 Å². The third-order valence-corrected chi connectivity index (χ3v) is 7.39. The summed E-state index contributed by atoms with van der Waals surface area (Å²) in [6.07, 6.45) is 1.81. The lowest BCUT2D eigenvalue weighted by atomic mass is 10.2. The minimum atomic E-state index is -0.101. The second kappa shape index (κ2) is 11.5. The number of ether oxygens (including phenoxy) is 2. The smallest absolute Gasteiger partial charge is 0.266 e. The van der Waals surface area contributed by atoms with Crippen LogP contribution in [0.15, 0.2) is 75.0 Å². The Bertz CT molecular complexity index is 1290. The van der Waals surface area contributed by atoms with Crippen LogP contribution in [-0.4, -0.2) is 29.6 Å². The lowest BCUT2D eigenvalue weighted by Crippen LogP contribution is -2.28. The third kappa shape index (κ3) is 6.04. The highest BCUT2D eigenvalue weighted by molar-refractivity contribution is 9.10. The van der Waals surface area contributed by atoms with Crippen LogP contribution in [0.25, 0.3) is 6.08 Å². The van der Waals surface area contributed by atoms with Crippen LogP contribution in [0.5, 0.6) is 11.5 Å². The first-order valence-electron chi connectivity index (χ1n) is 10.7. The van der Waals surface area contributed by atoms with Gasteiger partial charge in [0.2, 0.25) is 0 Å². The minimum absolute atomic E-state index is 0.101. The summed E-state index contributed by atoms with van der Waals surface area (Å²) in [4.78, 5) is 19.9. The van der Waals surface area contributed by atoms with Crippen molar-refractivity contribution < 1.29 is 14.3 Å². The molecule has 9 heteroatoms. The average Bonchev–Trinajstić information content (AvgIpc) is 3.13. The van der Waals surface area contributed by atoms with E-state index in [1.807, 2.05) is 61.5 Å². The van der Waals surface area contributed by atoms with E-state index in [1.165, 1.54) is 11.8 Å². The second-order valence-electron chi connectivity index (χ2n) is 7.45. The Morgan fingerprint density at radius 3 is 2.49 bits per heavy atom. The number of likely N-dealkylation sites (N-methyl/N-ethyl adjacent to an activating group) is 1. The van der Waals surface area contributed by atoms with E-state index < -0.39 is 0 Å². The zero-order chi connectivity index (χ0) is 24.9. The predicted octanol–water partition coefficient (Wildman–Crippen LogP) is 7.97. The quantitative estimate of drug-likeness (QED) is 0.261. The van der Waals surface area contributed by atoms with Crippen LogP contribution in [-0.2, 0) is 11.4 Å². The van der Waals surface area contributed by atoms with Crippen molar-refractivity contribution in [2.45, 2.75) is 13.5 Å². The molecule has 0 unspecified atom stereocenters. The van der Waals surface area contributed by atoms with Gasteiger partial charge in [0.1, 0.15) is 12.4 Å². The molecule has 1 aliphatic rings. The van der Waals surface area contributed by atoms with Crippen molar-refractivity contribution in [1.82, 2.24) is 4.90 Å². The largest absolute Gasteiger partial charge is 0.497 e. The number of benzene rings is 3. The number of halogens is 3. The maximum Gasteiger partial charge on any atom is 0.266 e. The lowest BCUT2D eigenvalue weighted by molar-refractivity contribution is -0.122. The van der Waals surface area contributed by atoms with Crippen LogP contribution in [0.4, 0.5) is 5.69 Å². The highest BCUT2D eigenvalue weighted by atomic mass is 79.9. The molecule has 180 valence electrons. The van der Waals surface area contributed by atoms with Crippen LogP contribution in [0.2, 0.25) is 10.0 Å². The molecule has 4 rings (SSSR count). The molecule has 3 aromatic rings. The summed E-state index contributed by atoms with van der Waals surface area (Å²) in [7, 11) is 1.62. The maximum absolute atomic E-state index is 13.0. The van der Waals surface area contributed by atoms with Crippen molar-refractivity contribution in [3.05, 3.63) is 91.2 Å². The third-order valence-electron chi connectivity index (χ3n) is 5.15. The molecule has 1 fully saturated rings. The minimum Gasteiger partial charge on any atom is -0.497 e. The van der Waals surface area contributed by atoms with Gasteiger partial charge in [0.25, 0.3) is 5.91 Å². The highest BCUT2D eigenvalue weighted by Crippen LogP contribution is 2.38. The fourth-order valence-electron chi connectivity index (χ4n) is 3.35. The first-order valence-corrected chi connectivity index (χ1v) is 13.1. The molecule has 0 aromatic heterocycles. The molecule has 0 saturated carbocycles. The maximum atomic E-state index is 13.0. The Hall–Kier alpha value is -2.45. The van der Waals surface area contributed by atoms with Gasteiger partial charge in [0.15, 0.2) is 10.9 Å². The molecule has 0 radical (unpaired) electrons. The number of hydrogen-bond acceptors (Lipinski definition) is 5. The van der Waals surface area contributed by atoms with Crippen LogP contribution in [0.3, 0.4) is 0 Å². The number of hydrogen-bond donors (Lipinski definition) is 0. The van der Waals surface area contributed by atoms with Gasteiger partial charge in [-0.15, -0.1) is 0 Å². The number of amides is 1. The van der Waals surface area contributed by atoms with Crippen molar-refractivity contribution in [3.8, 4) is 11.5 Å². The molecule has 1 heterocycles. The molecule has 35 heavy (non-hydrogen) atoms. The standard InChI is InChI=1S/C26H21BrCl2N2O3S/c1-3-31-25(32)23(35-26(31)30-18-8-10-19(33-2)11-9-18)14-16-12-20(27)24(22(29)13-16)34-15-17-6-4-5-7-21(17)28/h4-14H,3,15H2,1-2H3/b23-14+,30-26?. The molecule has 3 aromatic carbocycles. The van der Waals surface area contributed by atoms with Gasteiger partial charge in [-0.1, -0.05) is 41.4 Å². The van der Waals surface area contributed by atoms with E-state index in [4.69, 9.17) is 32.7 Å². The number of amidine groups is 1. The molecule has 1 aliphatic heterocycles. The Morgan fingerprint density at radius 1 is 1.09 bits per heavy atom. The molecule has 1 amide bonds. The molecule has 0 spiro atoms. The monoisotopic (exact) mass is 590 g/mol. The molecule has 0 bridgehead atoms. The first-order chi connectivity index (χ1) is 16.9. The number of nitrogens with zero attached hydrogens (tertiary/aromatic N) is 2. The Morgan fingerprint density at radius 2 is 1.83 bits per heavy atom. The van der Waals surface area contributed by atoms with Crippen molar-refractivity contribution in [2.75, 3.05) is 13.7 Å². The number of rotatable bonds is 7. The fraction of sp³-hybridized carbons (Fsp3) is 0.154. The summed E-state index contributed by atoms with van der Waals surface area (Å²) in [5, 5.41) is 1.68. The summed E-state index contributed by atoms with van der Waals surface area (Å²) in [6.45, 7) is 2.71. The van der Waals surface area contributed by atoms with Crippen LogP contribution >= 0.6 is 50.9 Å². The van der Waals surface area contributed by atoms with Gasteiger partial charge in [0.05, 0.1) is 27.2 Å². The number of carbonyl (C=O) groups excluding carboxylic acids is 1. The van der Waals surface area contributed by atoms with E-state index in [2.05, 4.69) is 20.9 Å². The van der Waals surface area contributed by atoms with Crippen molar-refractivity contribution in [3.63, 3.8) is 0 Å². The first kappa shape index (κ1) is 25.6. The molecule has 5 nitrogen and oxygen atoms in total. The van der Waals surface area contributed by atoms with Gasteiger partial charge in [0, 0.05) is 17.1 Å². The van der Waals surface area contributed by atoms with Gasteiger partial charge in [-0.3, -0.25) is 9.69 Å². The average molecular weight is 592 g/mol. The number of thioether (sulfide) groups is 1. The fourth-order valence-corrected chi connectivity index (χ4v) is 5.60. The van der Waals surface area contributed by atoms with E-state index in [9.17, 15) is 4.79 Å². The van der Waals surface area contributed by atoms with Gasteiger partial charge in [-0.2, -0.15) is 0 Å². The topological polar surface area (TPSA) is 51.1 Å². The normalized spacial score (nSPS) is 15.8. The van der Waals surface area contributed by atoms with Crippen molar-refractivity contribution in [1.29, 1.82) is 0 Å². The van der Waals surface area contributed by atoms with Crippen molar-refractivity contribution in [2.24, 2.45) is 4.99 Å². The number of aliphatic imine (C=N–C) groups is 1. The lowest BCUT2D eigenvalue weighted by Gasteiger charge is -2.12. The molecule has 0 N–H and O–H groups in total. The summed E-state index contributed by atoms with van der Waals surface area (Å²) in [5.74, 6) is 1.16. The summed E-state index contributed by atoms with van der Waals surface area (Å²) < 4.78 is 11.8. The van der Waals surface area contributed by atoms with Gasteiger partial charge in [-0.05, 0) is 88.7 Å². The SMILES string of the molecule is CCN1C(=O)/C(=C\c2cc(Cl)c(OCc3ccccc3Cl)c(Br)c2)SC1=Nc1ccc(OC)cc1. The van der Waals surface area contributed by atoms with E-state index in [0.717, 1.165) is 22.6 Å². The predicted molar refractivity (Wildman–Crippen MR) is 148 cm³/mol. The Balaban J connectivity index is 1.55. The highest BCUT2D eigenvalue weighted by Gasteiger charge is 2.32. The number of methoxy groups -OCH3 is 1. The Kier molecular flexibility index (Phi) is 8.44. The molecule has 1 saturated heterocycles. The molecular formula is C26H21BrCl2N2O3S. The van der Waals surface area contributed by atoms with Crippen LogP contribution in [0, 0.1) is 0 Å². The van der Waals surface area contributed by atoms with Crippen molar-refractivity contribution >= 4 is 73.7 Å². The van der Waals surface area contributed by atoms with Gasteiger partial charge < -0.3 is 9.47 Å². The Labute approximate surface area is 226 Å². The van der Waals surface area contributed by atoms with Crippen LogP contribution < -0.4 is 9.47 Å². The molecule has 0 atom stereocenters. The summed E-state index contributed by atoms with van der Waals surface area (Å²) in [6, 6.07) is 18.5.